The minimum atomic E-state index is -4.85. The number of nitrogens with one attached hydrogen (secondary N) is 1. The van der Waals surface area contributed by atoms with Gasteiger partial charge in [0.05, 0.1) is 29.1 Å². The second kappa shape index (κ2) is 8.84. The van der Waals surface area contributed by atoms with Gasteiger partial charge < -0.3 is 15.2 Å². The first-order chi connectivity index (χ1) is 14.6. The van der Waals surface area contributed by atoms with Crippen LogP contribution >= 0.6 is 0 Å². The van der Waals surface area contributed by atoms with Crippen LogP contribution in [0.4, 0.5) is 32.2 Å². The Balaban J connectivity index is 2.43. The summed E-state index contributed by atoms with van der Waals surface area (Å²) in [5, 5.41) is 11.0. The molecule has 0 radical (unpaired) electrons. The number of ether oxygens (including phenoxy) is 1. The lowest BCUT2D eigenvalue weighted by molar-refractivity contribution is -0.155. The molecule has 0 atom stereocenters. The lowest BCUT2D eigenvalue weighted by Gasteiger charge is -2.12. The van der Waals surface area contributed by atoms with Gasteiger partial charge in [0.1, 0.15) is 0 Å². The van der Waals surface area contributed by atoms with Crippen molar-refractivity contribution in [2.75, 3.05) is 17.7 Å². The van der Waals surface area contributed by atoms with Gasteiger partial charge in [-0.25, -0.2) is 13.2 Å². The van der Waals surface area contributed by atoms with Crippen molar-refractivity contribution in [3.63, 3.8) is 0 Å². The predicted molar refractivity (Wildman–Crippen MR) is 96.0 cm³/mol. The number of anilines is 1. The molecule has 0 saturated carbocycles. The summed E-state index contributed by atoms with van der Waals surface area (Å²) in [7, 11) is -2.97. The SMILES string of the molecule is CCS(=O)(=O)c1c(NCc2ncc(C(F)(F)F)cc2C(=O)O)nc(OCC(F)(F)F)n1C. The van der Waals surface area contributed by atoms with Gasteiger partial charge in [0.25, 0.3) is 6.01 Å². The molecule has 0 unspecified atom stereocenters. The number of carbonyl (C=O) groups is 1. The van der Waals surface area contributed by atoms with E-state index in [4.69, 9.17) is 0 Å². The van der Waals surface area contributed by atoms with Crippen molar-refractivity contribution >= 4 is 21.6 Å². The Hall–Kier alpha value is -3.04. The molecule has 2 aromatic heterocycles. The van der Waals surface area contributed by atoms with E-state index in [1.165, 1.54) is 6.92 Å². The van der Waals surface area contributed by atoms with Crippen molar-refractivity contribution in [2.45, 2.75) is 30.8 Å². The largest absolute Gasteiger partial charge is 0.478 e. The van der Waals surface area contributed by atoms with E-state index < -0.39 is 80.7 Å². The highest BCUT2D eigenvalue weighted by Gasteiger charge is 2.34. The maximum Gasteiger partial charge on any atom is 0.422 e. The van der Waals surface area contributed by atoms with E-state index in [1.807, 2.05) is 0 Å². The number of rotatable bonds is 8. The molecular weight excluding hydrogens is 474 g/mol. The third-order valence-electron chi connectivity index (χ3n) is 3.99. The van der Waals surface area contributed by atoms with Crippen molar-refractivity contribution in [2.24, 2.45) is 7.05 Å². The van der Waals surface area contributed by atoms with Crippen LogP contribution in [0.1, 0.15) is 28.5 Å². The number of nitrogens with zero attached hydrogens (tertiary/aromatic N) is 3. The molecule has 0 saturated heterocycles. The zero-order valence-corrected chi connectivity index (χ0v) is 17.2. The van der Waals surface area contributed by atoms with Crippen LogP contribution in [0.5, 0.6) is 6.01 Å². The third kappa shape index (κ3) is 5.80. The normalized spacial score (nSPS) is 12.6. The first kappa shape index (κ1) is 25.2. The van der Waals surface area contributed by atoms with Gasteiger partial charge in [-0.3, -0.25) is 9.55 Å². The summed E-state index contributed by atoms with van der Waals surface area (Å²) in [6.07, 6.45) is -9.19. The topological polar surface area (TPSA) is 123 Å². The van der Waals surface area contributed by atoms with Crippen LogP contribution in [0.25, 0.3) is 0 Å². The molecule has 0 aromatic carbocycles. The summed E-state index contributed by atoms with van der Waals surface area (Å²) in [4.78, 5) is 18.5. The zero-order valence-electron chi connectivity index (χ0n) is 16.4. The zero-order chi connectivity index (χ0) is 24.5. The smallest absolute Gasteiger partial charge is 0.422 e. The highest BCUT2D eigenvalue weighted by Crippen LogP contribution is 2.31. The molecule has 178 valence electrons. The fourth-order valence-corrected chi connectivity index (χ4v) is 3.67. The van der Waals surface area contributed by atoms with Crippen LogP contribution in [-0.4, -0.2) is 52.6 Å². The average Bonchev–Trinajstić information content (AvgIpc) is 2.99. The van der Waals surface area contributed by atoms with Crippen molar-refractivity contribution in [1.82, 2.24) is 14.5 Å². The number of pyridine rings is 1. The van der Waals surface area contributed by atoms with E-state index in [1.54, 1.807) is 0 Å². The first-order valence-electron chi connectivity index (χ1n) is 8.59. The Morgan fingerprint density at radius 3 is 2.38 bits per heavy atom. The molecule has 16 heteroatoms. The van der Waals surface area contributed by atoms with E-state index >= 15 is 0 Å². The Kier molecular flexibility index (Phi) is 6.96. The minimum absolute atomic E-state index is 0.354. The Labute approximate surface area is 177 Å². The number of halogens is 6. The van der Waals surface area contributed by atoms with Gasteiger partial charge in [0.2, 0.25) is 0 Å². The fourth-order valence-electron chi connectivity index (χ4n) is 2.49. The van der Waals surface area contributed by atoms with Gasteiger partial charge >= 0.3 is 18.3 Å². The maximum absolute atomic E-state index is 12.8. The Morgan fingerprint density at radius 1 is 1.25 bits per heavy atom. The number of imidazole rings is 1. The lowest BCUT2D eigenvalue weighted by Crippen LogP contribution is -2.21. The summed E-state index contributed by atoms with van der Waals surface area (Å²) in [5.74, 6) is -2.67. The number of aromatic nitrogens is 3. The molecule has 2 heterocycles. The number of carboxylic acids is 1. The Bertz CT molecular complexity index is 1110. The van der Waals surface area contributed by atoms with E-state index in [9.17, 15) is 44.7 Å². The summed E-state index contributed by atoms with van der Waals surface area (Å²) in [5.41, 5.74) is -2.51. The molecule has 2 N–H and O–H groups in total. The van der Waals surface area contributed by atoms with E-state index in [0.29, 0.717) is 12.3 Å². The standard InChI is InChI=1S/C16H16F6N4O5S/c1-3-32(29,30)12-11(25-14(26(12)2)31-7-15(17,18)19)24-6-10-9(13(27)28)4-8(5-23-10)16(20,21)22/h4-5,24H,3,6-7H2,1-2H3,(H,27,28). The number of hydrogen-bond acceptors (Lipinski definition) is 7. The maximum atomic E-state index is 12.8. The molecule has 0 aliphatic carbocycles. The van der Waals surface area contributed by atoms with E-state index in [2.05, 4.69) is 20.0 Å². The number of alkyl halides is 6. The molecule has 0 bridgehead atoms. The van der Waals surface area contributed by atoms with E-state index in [0.717, 1.165) is 11.6 Å². The van der Waals surface area contributed by atoms with Crippen LogP contribution in [-0.2, 0) is 29.6 Å². The summed E-state index contributed by atoms with van der Waals surface area (Å²) < 4.78 is 106. The summed E-state index contributed by atoms with van der Waals surface area (Å²) >= 11 is 0. The van der Waals surface area contributed by atoms with Crippen LogP contribution in [0.3, 0.4) is 0 Å². The van der Waals surface area contributed by atoms with Crippen molar-refractivity contribution in [3.8, 4) is 6.01 Å². The molecule has 32 heavy (non-hydrogen) atoms. The average molecular weight is 490 g/mol. The van der Waals surface area contributed by atoms with Crippen molar-refractivity contribution in [3.05, 3.63) is 29.1 Å². The number of aromatic carboxylic acids is 1. The lowest BCUT2D eigenvalue weighted by atomic mass is 10.1. The molecule has 0 aliphatic rings. The number of hydrogen-bond donors (Lipinski definition) is 2. The van der Waals surface area contributed by atoms with Gasteiger partial charge in [-0.05, 0) is 6.07 Å². The quantitative estimate of drug-likeness (QED) is 0.542. The summed E-state index contributed by atoms with van der Waals surface area (Å²) in [6.45, 7) is -1.09. The van der Waals surface area contributed by atoms with Crippen molar-refractivity contribution < 1.29 is 49.4 Å². The van der Waals surface area contributed by atoms with E-state index in [-0.39, 0.29) is 0 Å². The Morgan fingerprint density at radius 2 is 1.88 bits per heavy atom. The molecule has 0 spiro atoms. The molecule has 9 nitrogen and oxygen atoms in total. The van der Waals surface area contributed by atoms with Crippen LogP contribution < -0.4 is 10.1 Å². The van der Waals surface area contributed by atoms with Gasteiger partial charge in [-0.2, -0.15) is 31.3 Å². The molecule has 0 amide bonds. The molecular formula is C16H16F6N4O5S. The fraction of sp³-hybridized carbons (Fsp3) is 0.438. The minimum Gasteiger partial charge on any atom is -0.478 e. The second-order valence-electron chi connectivity index (χ2n) is 6.29. The highest BCUT2D eigenvalue weighted by molar-refractivity contribution is 7.91. The van der Waals surface area contributed by atoms with Gasteiger partial charge in [0, 0.05) is 13.2 Å². The molecule has 2 aromatic rings. The molecule has 0 aliphatic heterocycles. The third-order valence-corrected chi connectivity index (χ3v) is 5.81. The number of carboxylic acid groups (broad SMARTS) is 1. The van der Waals surface area contributed by atoms with Crippen LogP contribution in [0.2, 0.25) is 0 Å². The monoisotopic (exact) mass is 490 g/mol. The van der Waals surface area contributed by atoms with Gasteiger partial charge in [0.15, 0.2) is 27.3 Å². The molecule has 0 fully saturated rings. The van der Waals surface area contributed by atoms with Gasteiger partial charge in [-0.15, -0.1) is 0 Å². The summed E-state index contributed by atoms with van der Waals surface area (Å²) in [6, 6.07) is -0.345. The highest BCUT2D eigenvalue weighted by atomic mass is 32.2. The second-order valence-corrected chi connectivity index (χ2v) is 8.48. The molecule has 2 rings (SSSR count). The van der Waals surface area contributed by atoms with Crippen molar-refractivity contribution in [1.29, 1.82) is 0 Å². The van der Waals surface area contributed by atoms with Crippen LogP contribution in [0.15, 0.2) is 17.3 Å². The van der Waals surface area contributed by atoms with Gasteiger partial charge in [-0.1, -0.05) is 6.92 Å². The predicted octanol–water partition coefficient (Wildman–Crippen LogP) is 2.88. The van der Waals surface area contributed by atoms with Crippen LogP contribution in [0, 0.1) is 0 Å². The first-order valence-corrected chi connectivity index (χ1v) is 10.2. The number of sulfone groups is 1.